The van der Waals surface area contributed by atoms with Gasteiger partial charge in [0.05, 0.1) is 12.1 Å². The first-order valence-electron chi connectivity index (χ1n) is 8.58. The van der Waals surface area contributed by atoms with E-state index in [-0.39, 0.29) is 11.5 Å². The second-order valence-corrected chi connectivity index (χ2v) is 6.57. The van der Waals surface area contributed by atoms with Crippen molar-refractivity contribution in [1.29, 1.82) is 0 Å². The molecule has 3 rings (SSSR count). The lowest BCUT2D eigenvalue weighted by molar-refractivity contribution is -0.238. The van der Waals surface area contributed by atoms with Crippen LogP contribution in [0.5, 0.6) is 17.2 Å². The van der Waals surface area contributed by atoms with Gasteiger partial charge in [0.25, 0.3) is 0 Å². The molecule has 0 aromatic heterocycles. The van der Waals surface area contributed by atoms with Crippen molar-refractivity contribution >= 4 is 12.2 Å². The van der Waals surface area contributed by atoms with E-state index in [2.05, 4.69) is 0 Å². The Balaban J connectivity index is 1.66. The lowest BCUT2D eigenvalue weighted by Gasteiger charge is -2.39. The largest absolute Gasteiger partial charge is 0.508 e. The summed E-state index contributed by atoms with van der Waals surface area (Å²) in [7, 11) is 0. The molecule has 0 radical (unpaired) electrons. The zero-order chi connectivity index (χ0) is 19.6. The predicted octanol–water partition coefficient (Wildman–Crippen LogP) is 1.44. The molecule has 0 unspecified atom stereocenters. The van der Waals surface area contributed by atoms with Gasteiger partial charge in [0, 0.05) is 6.07 Å². The number of aromatic hydroxyl groups is 2. The lowest BCUT2D eigenvalue weighted by atomic mass is 9.98. The van der Waals surface area contributed by atoms with Crippen LogP contribution in [0.15, 0.2) is 42.5 Å². The maximum absolute atomic E-state index is 10.1. The number of hydrogen-bond acceptors (Lipinski definition) is 7. The van der Waals surface area contributed by atoms with Gasteiger partial charge in [0.1, 0.15) is 29.5 Å². The van der Waals surface area contributed by atoms with E-state index in [0.717, 1.165) is 5.56 Å². The van der Waals surface area contributed by atoms with Crippen LogP contribution in [0.25, 0.3) is 12.2 Å². The fraction of sp³-hybridized carbons (Fsp3) is 0.300. The van der Waals surface area contributed by atoms with E-state index in [1.807, 2.05) is 6.08 Å². The Morgan fingerprint density at radius 3 is 2.15 bits per heavy atom. The third-order valence-electron chi connectivity index (χ3n) is 4.44. The van der Waals surface area contributed by atoms with Crippen molar-refractivity contribution in [2.45, 2.75) is 37.6 Å². The predicted molar refractivity (Wildman–Crippen MR) is 100 cm³/mol. The summed E-state index contributed by atoms with van der Waals surface area (Å²) in [6, 6.07) is 10.7. The highest BCUT2D eigenvalue weighted by atomic mass is 16.7. The van der Waals surface area contributed by atoms with Crippen molar-refractivity contribution in [3.63, 3.8) is 0 Å². The van der Waals surface area contributed by atoms with E-state index in [0.29, 0.717) is 11.3 Å². The number of rotatable bonds is 4. The van der Waals surface area contributed by atoms with Crippen molar-refractivity contribution in [3.8, 4) is 17.2 Å². The number of ether oxygens (including phenoxy) is 2. The molecular formula is C20H23NO6. The molecule has 1 aliphatic rings. The number of aliphatic hydroxyl groups excluding tert-OH is 2. The van der Waals surface area contributed by atoms with Crippen LogP contribution < -0.4 is 10.5 Å². The number of nitrogens with two attached hydrogens (primary N) is 1. The summed E-state index contributed by atoms with van der Waals surface area (Å²) in [5.41, 5.74) is 7.28. The smallest absolute Gasteiger partial charge is 0.229 e. The monoisotopic (exact) mass is 373 g/mol. The normalized spacial score (nSPS) is 28.4. The summed E-state index contributed by atoms with van der Waals surface area (Å²) < 4.78 is 11.2. The molecule has 144 valence electrons. The van der Waals surface area contributed by atoms with E-state index < -0.39 is 30.6 Å². The first kappa shape index (κ1) is 19.2. The number of hydrogen-bond donors (Lipinski definition) is 5. The lowest BCUT2D eigenvalue weighted by Crippen LogP contribution is -2.61. The fourth-order valence-corrected chi connectivity index (χ4v) is 2.84. The topological polar surface area (TPSA) is 125 Å². The standard InChI is InChI=1S/C20H23NO6/c1-11-17(21)18(24)19(25)20(26-11)27-16-6-4-12(5-7-16)2-3-13-8-14(22)10-15(23)9-13/h2-11,17-20,22-25H,21H2,1H3/b3-2+/t11-,17-,18+,19-,20+/m1/s1. The average Bonchev–Trinajstić information content (AvgIpc) is 2.63. The second-order valence-electron chi connectivity index (χ2n) is 6.57. The summed E-state index contributed by atoms with van der Waals surface area (Å²) in [4.78, 5) is 0. The maximum Gasteiger partial charge on any atom is 0.229 e. The Kier molecular flexibility index (Phi) is 5.67. The Hall–Kier alpha value is -2.58. The van der Waals surface area contributed by atoms with Gasteiger partial charge in [0.15, 0.2) is 0 Å². The minimum absolute atomic E-state index is 0.0134. The highest BCUT2D eigenvalue weighted by molar-refractivity contribution is 5.71. The molecule has 2 aromatic rings. The van der Waals surface area contributed by atoms with Crippen LogP contribution in [0.4, 0.5) is 0 Å². The first-order valence-corrected chi connectivity index (χ1v) is 8.58. The first-order chi connectivity index (χ1) is 12.8. The highest BCUT2D eigenvalue weighted by Crippen LogP contribution is 2.25. The molecule has 27 heavy (non-hydrogen) atoms. The summed E-state index contributed by atoms with van der Waals surface area (Å²) in [6.45, 7) is 1.71. The number of benzene rings is 2. The molecule has 0 aliphatic carbocycles. The molecule has 1 heterocycles. The quantitative estimate of drug-likeness (QED) is 0.514. The average molecular weight is 373 g/mol. The Morgan fingerprint density at radius 2 is 1.52 bits per heavy atom. The minimum atomic E-state index is -1.24. The van der Waals surface area contributed by atoms with Gasteiger partial charge in [0.2, 0.25) is 6.29 Å². The van der Waals surface area contributed by atoms with E-state index in [1.54, 1.807) is 37.3 Å². The van der Waals surface area contributed by atoms with E-state index in [9.17, 15) is 20.4 Å². The highest BCUT2D eigenvalue weighted by Gasteiger charge is 2.42. The minimum Gasteiger partial charge on any atom is -0.508 e. The third-order valence-corrected chi connectivity index (χ3v) is 4.44. The Bertz CT molecular complexity index is 786. The fourth-order valence-electron chi connectivity index (χ4n) is 2.84. The van der Waals surface area contributed by atoms with E-state index >= 15 is 0 Å². The number of phenols is 2. The zero-order valence-electron chi connectivity index (χ0n) is 14.8. The van der Waals surface area contributed by atoms with Gasteiger partial charge in [-0.25, -0.2) is 0 Å². The van der Waals surface area contributed by atoms with Crippen LogP contribution in [0.1, 0.15) is 18.1 Å². The summed E-state index contributed by atoms with van der Waals surface area (Å²) in [6.07, 6.45) is -0.257. The van der Waals surface area contributed by atoms with Gasteiger partial charge in [-0.15, -0.1) is 0 Å². The van der Waals surface area contributed by atoms with Gasteiger partial charge >= 0.3 is 0 Å². The molecule has 0 saturated carbocycles. The third kappa shape index (κ3) is 4.58. The van der Waals surface area contributed by atoms with Crippen molar-refractivity contribution in [3.05, 3.63) is 53.6 Å². The number of aliphatic hydroxyl groups is 2. The Labute approximate surface area is 156 Å². The molecule has 0 amide bonds. The van der Waals surface area contributed by atoms with E-state index in [1.165, 1.54) is 18.2 Å². The molecule has 0 spiro atoms. The van der Waals surface area contributed by atoms with Crippen molar-refractivity contribution < 1.29 is 29.9 Å². The molecule has 1 saturated heterocycles. The summed E-state index contributed by atoms with van der Waals surface area (Å²) in [5.74, 6) is 0.446. The summed E-state index contributed by atoms with van der Waals surface area (Å²) in [5, 5.41) is 39.0. The van der Waals surface area contributed by atoms with Gasteiger partial charge in [-0.2, -0.15) is 0 Å². The van der Waals surface area contributed by atoms with Crippen LogP contribution in [0.2, 0.25) is 0 Å². The van der Waals surface area contributed by atoms with E-state index in [4.69, 9.17) is 15.2 Å². The van der Waals surface area contributed by atoms with Crippen LogP contribution in [-0.4, -0.2) is 51.1 Å². The van der Waals surface area contributed by atoms with Crippen molar-refractivity contribution in [2.75, 3.05) is 0 Å². The SMILES string of the molecule is C[C@H]1O[C@@H](Oc2ccc(/C=C/c3cc(O)cc(O)c3)cc2)[C@H](O)[C@@H](O)[C@@H]1N. The molecule has 7 nitrogen and oxygen atoms in total. The zero-order valence-corrected chi connectivity index (χ0v) is 14.8. The van der Waals surface area contributed by atoms with Gasteiger partial charge in [-0.1, -0.05) is 24.3 Å². The van der Waals surface area contributed by atoms with Gasteiger partial charge in [-0.05, 0) is 42.3 Å². The van der Waals surface area contributed by atoms with Crippen LogP contribution >= 0.6 is 0 Å². The van der Waals surface area contributed by atoms with Crippen LogP contribution in [-0.2, 0) is 4.74 Å². The van der Waals surface area contributed by atoms with Crippen LogP contribution in [0.3, 0.4) is 0 Å². The number of phenolic OH excluding ortho intramolecular Hbond substituents is 2. The molecular weight excluding hydrogens is 350 g/mol. The molecule has 6 N–H and O–H groups in total. The summed E-state index contributed by atoms with van der Waals surface area (Å²) >= 11 is 0. The Morgan fingerprint density at radius 1 is 0.926 bits per heavy atom. The van der Waals surface area contributed by atoms with Crippen molar-refractivity contribution in [2.24, 2.45) is 5.73 Å². The molecule has 1 fully saturated rings. The molecule has 2 aromatic carbocycles. The molecule has 7 heteroatoms. The van der Waals surface area contributed by atoms with Gasteiger partial charge in [-0.3, -0.25) is 0 Å². The second kappa shape index (κ2) is 7.98. The molecule has 5 atom stereocenters. The van der Waals surface area contributed by atoms with Gasteiger partial charge < -0.3 is 35.6 Å². The maximum atomic E-state index is 10.1. The molecule has 1 aliphatic heterocycles. The van der Waals surface area contributed by atoms with Crippen LogP contribution in [0, 0.1) is 0 Å². The molecule has 0 bridgehead atoms. The van der Waals surface area contributed by atoms with Crippen molar-refractivity contribution in [1.82, 2.24) is 0 Å².